The van der Waals surface area contributed by atoms with Gasteiger partial charge in [0.25, 0.3) is 0 Å². The molecule has 3 heteroatoms. The molecule has 5 aromatic rings. The lowest BCUT2D eigenvalue weighted by Gasteiger charge is -2.22. The lowest BCUT2D eigenvalue weighted by atomic mass is 9.82. The molecule has 3 heterocycles. The number of nitrogens with zero attached hydrogens (tertiary/aromatic N) is 2. The van der Waals surface area contributed by atoms with Crippen LogP contribution in [0.25, 0.3) is 43.4 Å². The van der Waals surface area contributed by atoms with E-state index in [1.54, 1.807) is 11.3 Å². The first-order chi connectivity index (χ1) is 14.0. The van der Waals surface area contributed by atoms with Gasteiger partial charge in [0, 0.05) is 33.6 Å². The van der Waals surface area contributed by atoms with Gasteiger partial charge in [-0.25, -0.2) is 0 Å². The van der Waals surface area contributed by atoms with Crippen LogP contribution in [0.1, 0.15) is 26.3 Å². The highest BCUT2D eigenvalue weighted by molar-refractivity contribution is 7.17. The topological polar surface area (TPSA) is 25.8 Å². The average Bonchev–Trinajstić information content (AvgIpc) is 3.21. The minimum Gasteiger partial charge on any atom is -0.256 e. The Labute approximate surface area is 174 Å². The zero-order chi connectivity index (χ0) is 20.0. The summed E-state index contributed by atoms with van der Waals surface area (Å²) in [6.45, 7) is 6.80. The summed E-state index contributed by atoms with van der Waals surface area (Å²) in [5.74, 6) is 0. The number of hydrogen-bond acceptors (Lipinski definition) is 3. The van der Waals surface area contributed by atoms with Gasteiger partial charge in [0.05, 0.1) is 11.4 Å². The molecule has 3 aromatic heterocycles. The maximum absolute atomic E-state index is 4.71. The molecule has 0 amide bonds. The average molecular weight is 395 g/mol. The highest BCUT2D eigenvalue weighted by Gasteiger charge is 2.19. The van der Waals surface area contributed by atoms with Crippen LogP contribution >= 0.6 is 11.3 Å². The summed E-state index contributed by atoms with van der Waals surface area (Å²) in [5, 5.41) is 5.88. The first-order valence-corrected chi connectivity index (χ1v) is 10.7. The van der Waals surface area contributed by atoms with Gasteiger partial charge in [-0.2, -0.15) is 0 Å². The van der Waals surface area contributed by atoms with Crippen LogP contribution < -0.4 is 0 Å². The van der Waals surface area contributed by atoms with Gasteiger partial charge >= 0.3 is 0 Å². The third-order valence-electron chi connectivity index (χ3n) is 5.38. The minimum atomic E-state index is 0.0526. The van der Waals surface area contributed by atoms with E-state index >= 15 is 0 Å². The Balaban J connectivity index is 1.70. The van der Waals surface area contributed by atoms with E-state index < -0.39 is 0 Å². The van der Waals surface area contributed by atoms with Gasteiger partial charge in [-0.05, 0) is 63.5 Å². The quantitative estimate of drug-likeness (QED) is 0.310. The Morgan fingerprint density at radius 3 is 2.45 bits per heavy atom. The molecule has 0 fully saturated rings. The number of hydrogen-bond donors (Lipinski definition) is 0. The van der Waals surface area contributed by atoms with Crippen LogP contribution in [0.4, 0.5) is 0 Å². The van der Waals surface area contributed by atoms with E-state index in [1.807, 2.05) is 12.4 Å². The third-order valence-corrected chi connectivity index (χ3v) is 6.26. The Hall–Kier alpha value is -3.04. The minimum absolute atomic E-state index is 0.0526. The van der Waals surface area contributed by atoms with E-state index in [0.29, 0.717) is 0 Å². The van der Waals surface area contributed by atoms with Gasteiger partial charge in [0.15, 0.2) is 0 Å². The Kier molecular flexibility index (Phi) is 4.21. The Morgan fingerprint density at radius 1 is 0.759 bits per heavy atom. The molecule has 0 atom stereocenters. The number of rotatable bonds is 2. The summed E-state index contributed by atoms with van der Waals surface area (Å²) in [4.78, 5) is 9.38. The lowest BCUT2D eigenvalue weighted by molar-refractivity contribution is 0.596. The largest absolute Gasteiger partial charge is 0.256 e. The molecular weight excluding hydrogens is 372 g/mol. The summed E-state index contributed by atoms with van der Waals surface area (Å²) in [5.41, 5.74) is 5.64. The fourth-order valence-corrected chi connectivity index (χ4v) is 4.72. The van der Waals surface area contributed by atoms with Gasteiger partial charge < -0.3 is 0 Å². The normalized spacial score (nSPS) is 12.0. The van der Waals surface area contributed by atoms with Crippen LogP contribution in [0.3, 0.4) is 0 Å². The fraction of sp³-hybridized carbons (Fsp3) is 0.154. The second-order valence-corrected chi connectivity index (χ2v) is 9.36. The number of pyridine rings is 2. The molecule has 142 valence electrons. The first-order valence-electron chi connectivity index (χ1n) is 9.83. The second-order valence-electron chi connectivity index (χ2n) is 8.42. The van der Waals surface area contributed by atoms with Gasteiger partial charge in [0.1, 0.15) is 0 Å². The van der Waals surface area contributed by atoms with Gasteiger partial charge in [-0.3, -0.25) is 9.97 Å². The predicted octanol–water partition coefficient (Wildman–Crippen LogP) is 7.48. The van der Waals surface area contributed by atoms with Gasteiger partial charge in [-0.1, -0.05) is 45.0 Å². The van der Waals surface area contributed by atoms with E-state index in [0.717, 1.165) is 22.5 Å². The summed E-state index contributed by atoms with van der Waals surface area (Å²) < 4.78 is 1.26. The van der Waals surface area contributed by atoms with Crippen molar-refractivity contribution in [3.05, 3.63) is 84.0 Å². The van der Waals surface area contributed by atoms with Crippen LogP contribution in [-0.4, -0.2) is 9.97 Å². The van der Waals surface area contributed by atoms with Gasteiger partial charge in [0.2, 0.25) is 0 Å². The molecule has 2 aromatic carbocycles. The van der Waals surface area contributed by atoms with Crippen molar-refractivity contribution in [2.24, 2.45) is 0 Å². The summed E-state index contributed by atoms with van der Waals surface area (Å²) in [6.07, 6.45) is 3.78. The van der Waals surface area contributed by atoms with E-state index in [-0.39, 0.29) is 5.41 Å². The van der Waals surface area contributed by atoms with Crippen LogP contribution in [0.5, 0.6) is 0 Å². The second kappa shape index (κ2) is 6.78. The molecule has 0 aliphatic rings. The van der Waals surface area contributed by atoms with Crippen molar-refractivity contribution in [1.82, 2.24) is 9.97 Å². The van der Waals surface area contributed by atoms with E-state index in [1.165, 1.54) is 26.4 Å². The molecule has 0 aliphatic carbocycles. The van der Waals surface area contributed by atoms with Crippen LogP contribution in [0, 0.1) is 0 Å². The maximum Gasteiger partial charge on any atom is 0.0790 e. The molecule has 0 radical (unpaired) electrons. The van der Waals surface area contributed by atoms with Crippen molar-refractivity contribution in [2.75, 3.05) is 0 Å². The van der Waals surface area contributed by atoms with Crippen LogP contribution in [-0.2, 0) is 5.41 Å². The molecule has 0 N–H and O–H groups in total. The van der Waals surface area contributed by atoms with Crippen molar-refractivity contribution in [3.8, 4) is 22.5 Å². The molecule has 29 heavy (non-hydrogen) atoms. The molecule has 0 saturated carbocycles. The molecular formula is C26H22N2S. The molecule has 2 nitrogen and oxygen atoms in total. The first kappa shape index (κ1) is 18.0. The molecule has 5 rings (SSSR count). The zero-order valence-corrected chi connectivity index (χ0v) is 17.6. The number of thiophene rings is 1. The maximum atomic E-state index is 4.71. The van der Waals surface area contributed by atoms with E-state index in [2.05, 4.69) is 91.8 Å². The highest BCUT2D eigenvalue weighted by Crippen LogP contribution is 2.36. The van der Waals surface area contributed by atoms with E-state index in [9.17, 15) is 0 Å². The lowest BCUT2D eigenvalue weighted by Crippen LogP contribution is -2.12. The highest BCUT2D eigenvalue weighted by atomic mass is 32.1. The molecule has 0 saturated heterocycles. The number of aromatic nitrogens is 2. The molecule has 0 aliphatic heterocycles. The summed E-state index contributed by atoms with van der Waals surface area (Å²) in [7, 11) is 0. The molecule has 0 bridgehead atoms. The SMILES string of the molecule is CC(C)(C)c1cc(-c2cc(-c3nccc4sccc34)ccn2)cc2ccccc12. The van der Waals surface area contributed by atoms with Crippen molar-refractivity contribution in [2.45, 2.75) is 26.2 Å². The fourth-order valence-electron chi connectivity index (χ4n) is 3.94. The van der Waals surface area contributed by atoms with Crippen LogP contribution in [0.15, 0.2) is 78.4 Å². The Bertz CT molecular complexity index is 1340. The monoisotopic (exact) mass is 394 g/mol. The number of benzene rings is 2. The zero-order valence-electron chi connectivity index (χ0n) is 16.8. The standard InChI is InChI=1S/C26H22N2S/c1-26(2,3)22-15-19(14-17-6-4-5-7-20(17)22)23-16-18(8-11-27-23)25-21-10-13-29-24(21)9-12-28-25/h4-16H,1-3H3. The van der Waals surface area contributed by atoms with Crippen LogP contribution in [0.2, 0.25) is 0 Å². The van der Waals surface area contributed by atoms with Gasteiger partial charge in [-0.15, -0.1) is 11.3 Å². The summed E-state index contributed by atoms with van der Waals surface area (Å²) in [6, 6.07) is 21.6. The molecule has 0 spiro atoms. The van der Waals surface area contributed by atoms with Crippen molar-refractivity contribution >= 4 is 32.2 Å². The predicted molar refractivity (Wildman–Crippen MR) is 124 cm³/mol. The Morgan fingerprint density at radius 2 is 1.59 bits per heavy atom. The summed E-state index contributed by atoms with van der Waals surface area (Å²) >= 11 is 1.75. The van der Waals surface area contributed by atoms with Crippen molar-refractivity contribution in [3.63, 3.8) is 0 Å². The third kappa shape index (κ3) is 3.22. The molecule has 0 unspecified atom stereocenters. The number of fused-ring (bicyclic) bond motifs is 2. The van der Waals surface area contributed by atoms with Crippen molar-refractivity contribution in [1.29, 1.82) is 0 Å². The van der Waals surface area contributed by atoms with E-state index in [4.69, 9.17) is 4.98 Å². The smallest absolute Gasteiger partial charge is 0.0790 e. The van der Waals surface area contributed by atoms with Crippen molar-refractivity contribution < 1.29 is 0 Å².